The first-order valence-corrected chi connectivity index (χ1v) is 6.79. The molecule has 1 unspecified atom stereocenters. The summed E-state index contributed by atoms with van der Waals surface area (Å²) in [6.45, 7) is 0. The van der Waals surface area contributed by atoms with Crippen LogP contribution in [0, 0.1) is 5.92 Å². The summed E-state index contributed by atoms with van der Waals surface area (Å²) in [6, 6.07) is 4.02. The highest BCUT2D eigenvalue weighted by molar-refractivity contribution is 5.99. The van der Waals surface area contributed by atoms with Gasteiger partial charge in [-0.05, 0) is 30.9 Å². The molecule has 110 valence electrons. The normalized spacial score (nSPS) is 18.8. The summed E-state index contributed by atoms with van der Waals surface area (Å²) in [6.07, 6.45) is -0.834. The van der Waals surface area contributed by atoms with Crippen LogP contribution in [-0.2, 0) is 6.18 Å². The third-order valence-electron chi connectivity index (χ3n) is 3.86. The molecule has 1 aliphatic rings. The zero-order valence-electron chi connectivity index (χ0n) is 11.0. The van der Waals surface area contributed by atoms with E-state index in [1.54, 1.807) is 0 Å². The summed E-state index contributed by atoms with van der Waals surface area (Å²) in [5.41, 5.74) is -0.655. The monoisotopic (exact) mass is 286 g/mol. The van der Waals surface area contributed by atoms with Crippen molar-refractivity contribution in [1.29, 1.82) is 0 Å². The van der Waals surface area contributed by atoms with Gasteiger partial charge in [-0.15, -0.1) is 0 Å². The first kappa shape index (κ1) is 15.0. The molecular weight excluding hydrogens is 269 g/mol. The van der Waals surface area contributed by atoms with Crippen molar-refractivity contribution in [3.8, 4) is 0 Å². The second-order valence-electron chi connectivity index (χ2n) is 5.28. The molecule has 1 saturated carbocycles. The number of carbonyl (C=O) groups excluding carboxylic acids is 1. The van der Waals surface area contributed by atoms with Gasteiger partial charge in [0.2, 0.25) is 0 Å². The van der Waals surface area contributed by atoms with Gasteiger partial charge >= 0.3 is 6.18 Å². The molecule has 1 fully saturated rings. The van der Waals surface area contributed by atoms with E-state index in [0.29, 0.717) is 0 Å². The molecule has 1 aliphatic carbocycles. The molecule has 5 heteroatoms. The number of hydrogen-bond acceptors (Lipinski definition) is 2. The number of rotatable bonds is 3. The van der Waals surface area contributed by atoms with Crippen LogP contribution in [0.15, 0.2) is 24.3 Å². The first-order chi connectivity index (χ1) is 9.39. The lowest BCUT2D eigenvalue weighted by Gasteiger charge is -2.25. The van der Waals surface area contributed by atoms with E-state index in [-0.39, 0.29) is 11.5 Å². The van der Waals surface area contributed by atoms with Crippen molar-refractivity contribution in [3.63, 3.8) is 0 Å². The topological polar surface area (TPSA) is 37.3 Å². The number of halogens is 3. The van der Waals surface area contributed by atoms with Crippen LogP contribution in [0.25, 0.3) is 0 Å². The molecule has 0 saturated heterocycles. The van der Waals surface area contributed by atoms with Crippen LogP contribution in [0.2, 0.25) is 0 Å². The molecule has 1 aromatic carbocycles. The van der Waals surface area contributed by atoms with Crippen LogP contribution < -0.4 is 0 Å². The fourth-order valence-corrected chi connectivity index (χ4v) is 2.66. The SMILES string of the molecule is O=C(c1ccc(C(F)(F)F)cc1)C(O)C1CCCCC1. The average molecular weight is 286 g/mol. The molecule has 1 N–H and O–H groups in total. The molecule has 1 aromatic rings. The smallest absolute Gasteiger partial charge is 0.385 e. The van der Waals surface area contributed by atoms with Crippen molar-refractivity contribution in [2.75, 3.05) is 0 Å². The molecule has 2 nitrogen and oxygen atoms in total. The second-order valence-corrected chi connectivity index (χ2v) is 5.28. The minimum Gasteiger partial charge on any atom is -0.385 e. The summed E-state index contributed by atoms with van der Waals surface area (Å²) in [4.78, 5) is 12.1. The maximum atomic E-state index is 12.4. The molecule has 1 atom stereocenters. The maximum Gasteiger partial charge on any atom is 0.416 e. The number of alkyl halides is 3. The van der Waals surface area contributed by atoms with Crippen LogP contribution in [0.3, 0.4) is 0 Å². The van der Waals surface area contributed by atoms with Crippen LogP contribution in [-0.4, -0.2) is 17.0 Å². The number of benzene rings is 1. The van der Waals surface area contributed by atoms with Crippen molar-refractivity contribution in [2.24, 2.45) is 5.92 Å². The highest BCUT2D eigenvalue weighted by Crippen LogP contribution is 2.30. The highest BCUT2D eigenvalue weighted by atomic mass is 19.4. The molecule has 0 aliphatic heterocycles. The zero-order valence-corrected chi connectivity index (χ0v) is 11.0. The van der Waals surface area contributed by atoms with Crippen LogP contribution in [0.4, 0.5) is 13.2 Å². The number of ketones is 1. The van der Waals surface area contributed by atoms with Gasteiger partial charge in [-0.2, -0.15) is 13.2 Å². The largest absolute Gasteiger partial charge is 0.416 e. The quantitative estimate of drug-likeness (QED) is 0.857. The Hall–Kier alpha value is -1.36. The van der Waals surface area contributed by atoms with Crippen LogP contribution in [0.1, 0.15) is 48.0 Å². The first-order valence-electron chi connectivity index (χ1n) is 6.79. The molecule has 20 heavy (non-hydrogen) atoms. The summed E-state index contributed by atoms with van der Waals surface area (Å²) in [5, 5.41) is 10.1. The Morgan fingerprint density at radius 2 is 1.65 bits per heavy atom. The molecule has 0 bridgehead atoms. The summed E-state index contributed by atoms with van der Waals surface area (Å²) < 4.78 is 37.3. The van der Waals surface area contributed by atoms with Gasteiger partial charge in [0, 0.05) is 5.56 Å². The zero-order chi connectivity index (χ0) is 14.8. The summed E-state index contributed by atoms with van der Waals surface area (Å²) >= 11 is 0. The van der Waals surface area contributed by atoms with E-state index in [1.165, 1.54) is 0 Å². The van der Waals surface area contributed by atoms with Crippen molar-refractivity contribution in [3.05, 3.63) is 35.4 Å². The van der Waals surface area contributed by atoms with Crippen molar-refractivity contribution >= 4 is 5.78 Å². The van der Waals surface area contributed by atoms with Crippen molar-refractivity contribution < 1.29 is 23.1 Å². The predicted molar refractivity (Wildman–Crippen MR) is 68.4 cm³/mol. The van der Waals surface area contributed by atoms with Gasteiger partial charge in [-0.3, -0.25) is 4.79 Å². The van der Waals surface area contributed by atoms with E-state index >= 15 is 0 Å². The van der Waals surface area contributed by atoms with Crippen molar-refractivity contribution in [2.45, 2.75) is 44.4 Å². The fraction of sp³-hybridized carbons (Fsp3) is 0.533. The van der Waals surface area contributed by atoms with E-state index in [0.717, 1.165) is 56.4 Å². The Bertz CT molecular complexity index is 459. The highest BCUT2D eigenvalue weighted by Gasteiger charge is 2.31. The van der Waals surface area contributed by atoms with E-state index in [4.69, 9.17) is 0 Å². The van der Waals surface area contributed by atoms with E-state index in [2.05, 4.69) is 0 Å². The standard InChI is InChI=1S/C15H17F3O2/c16-15(17,18)12-8-6-11(7-9-12)14(20)13(19)10-4-2-1-3-5-10/h6-10,13,19H,1-5H2. The Morgan fingerprint density at radius 3 is 2.15 bits per heavy atom. The second kappa shape index (κ2) is 5.95. The molecule has 0 spiro atoms. The third-order valence-corrected chi connectivity index (χ3v) is 3.86. The van der Waals surface area contributed by atoms with Gasteiger partial charge in [0.1, 0.15) is 6.10 Å². The number of aliphatic hydroxyl groups excluding tert-OH is 1. The molecule has 0 aromatic heterocycles. The molecule has 0 heterocycles. The molecule has 2 rings (SSSR count). The third kappa shape index (κ3) is 3.39. The Kier molecular flexibility index (Phi) is 4.48. The van der Waals surface area contributed by atoms with Gasteiger partial charge < -0.3 is 5.11 Å². The number of Topliss-reactive ketones (excluding diaryl/α,β-unsaturated/α-hetero) is 1. The lowest BCUT2D eigenvalue weighted by molar-refractivity contribution is -0.137. The van der Waals surface area contributed by atoms with E-state index < -0.39 is 23.6 Å². The van der Waals surface area contributed by atoms with Crippen molar-refractivity contribution in [1.82, 2.24) is 0 Å². The van der Waals surface area contributed by atoms with E-state index in [1.807, 2.05) is 0 Å². The molecular formula is C15H17F3O2. The van der Waals surface area contributed by atoms with Crippen LogP contribution >= 0.6 is 0 Å². The average Bonchev–Trinajstić information content (AvgIpc) is 2.46. The summed E-state index contributed by atoms with van der Waals surface area (Å²) in [5.74, 6) is -0.552. The number of aliphatic hydroxyl groups is 1. The molecule has 0 radical (unpaired) electrons. The van der Waals surface area contributed by atoms with E-state index in [9.17, 15) is 23.1 Å². The Morgan fingerprint density at radius 1 is 1.10 bits per heavy atom. The number of carbonyl (C=O) groups is 1. The lowest BCUT2D eigenvalue weighted by Crippen LogP contribution is -2.31. The predicted octanol–water partition coefficient (Wildman–Crippen LogP) is 3.83. The fourth-order valence-electron chi connectivity index (χ4n) is 2.66. The van der Waals surface area contributed by atoms with Gasteiger partial charge in [0.05, 0.1) is 5.56 Å². The minimum absolute atomic E-state index is 0.0708. The minimum atomic E-state index is -4.41. The lowest BCUT2D eigenvalue weighted by atomic mass is 9.82. The van der Waals surface area contributed by atoms with Gasteiger partial charge in [-0.1, -0.05) is 31.4 Å². The number of hydrogen-bond donors (Lipinski definition) is 1. The Labute approximate surface area is 115 Å². The summed E-state index contributed by atoms with van der Waals surface area (Å²) in [7, 11) is 0. The molecule has 0 amide bonds. The van der Waals surface area contributed by atoms with Gasteiger partial charge in [-0.25, -0.2) is 0 Å². The Balaban J connectivity index is 2.08. The maximum absolute atomic E-state index is 12.4. The van der Waals surface area contributed by atoms with Gasteiger partial charge in [0.25, 0.3) is 0 Å². The van der Waals surface area contributed by atoms with Crippen LogP contribution in [0.5, 0.6) is 0 Å². The van der Waals surface area contributed by atoms with Gasteiger partial charge in [0.15, 0.2) is 5.78 Å².